The summed E-state index contributed by atoms with van der Waals surface area (Å²) in [5.41, 5.74) is 1.37. The van der Waals surface area contributed by atoms with Crippen LogP contribution >= 0.6 is 11.6 Å². The molecule has 1 aromatic heterocycles. The number of halogens is 1. The fraction of sp³-hybridized carbons (Fsp3) is 0.526. The highest BCUT2D eigenvalue weighted by molar-refractivity contribution is 6.30. The highest BCUT2D eigenvalue weighted by atomic mass is 35.5. The summed E-state index contributed by atoms with van der Waals surface area (Å²) in [6, 6.07) is 6.10. The van der Waals surface area contributed by atoms with Gasteiger partial charge in [0.2, 0.25) is 5.91 Å². The zero-order valence-electron chi connectivity index (χ0n) is 16.0. The first-order valence-corrected chi connectivity index (χ1v) is 9.61. The molecule has 27 heavy (non-hydrogen) atoms. The molecule has 1 N–H and O–H groups in total. The van der Waals surface area contributed by atoms with E-state index < -0.39 is 0 Å². The van der Waals surface area contributed by atoms with Crippen LogP contribution in [0.1, 0.15) is 26.7 Å². The monoisotopic (exact) mass is 391 g/mol. The van der Waals surface area contributed by atoms with Crippen LogP contribution in [0.5, 0.6) is 5.75 Å². The molecule has 0 aliphatic carbocycles. The van der Waals surface area contributed by atoms with Gasteiger partial charge in [0.1, 0.15) is 18.0 Å². The number of aromatic nitrogens is 3. The molecule has 146 valence electrons. The Kier molecular flexibility index (Phi) is 6.34. The van der Waals surface area contributed by atoms with Crippen molar-refractivity contribution in [3.63, 3.8) is 0 Å². The van der Waals surface area contributed by atoms with E-state index in [1.165, 1.54) is 4.68 Å². The molecule has 8 heteroatoms. The van der Waals surface area contributed by atoms with Gasteiger partial charge in [-0.1, -0.05) is 16.8 Å². The number of carbonyl (C=O) groups excluding carboxylic acids is 1. The number of hydrogen-bond acceptors (Lipinski definition) is 5. The van der Waals surface area contributed by atoms with Gasteiger partial charge in [0.15, 0.2) is 0 Å². The van der Waals surface area contributed by atoms with E-state index in [2.05, 4.69) is 34.4 Å². The number of amides is 1. The molecule has 1 saturated heterocycles. The minimum absolute atomic E-state index is 0.0486. The predicted molar refractivity (Wildman–Crippen MR) is 105 cm³/mol. The van der Waals surface area contributed by atoms with Crippen molar-refractivity contribution < 1.29 is 9.53 Å². The van der Waals surface area contributed by atoms with Crippen LogP contribution in [0.25, 0.3) is 11.3 Å². The van der Waals surface area contributed by atoms with E-state index in [0.717, 1.165) is 31.5 Å². The molecule has 0 spiro atoms. The Morgan fingerprint density at radius 1 is 1.37 bits per heavy atom. The Morgan fingerprint density at radius 3 is 2.78 bits per heavy atom. The number of benzene rings is 1. The van der Waals surface area contributed by atoms with Gasteiger partial charge in [0, 0.05) is 35.8 Å². The van der Waals surface area contributed by atoms with Crippen LogP contribution in [0.3, 0.4) is 0 Å². The van der Waals surface area contributed by atoms with E-state index in [1.807, 2.05) is 0 Å². The topological polar surface area (TPSA) is 72.3 Å². The van der Waals surface area contributed by atoms with Crippen LogP contribution in [0, 0.1) is 0 Å². The molecule has 1 aliphatic rings. The second kappa shape index (κ2) is 8.71. The van der Waals surface area contributed by atoms with E-state index in [1.54, 1.807) is 31.5 Å². The molecule has 7 nitrogen and oxygen atoms in total. The summed E-state index contributed by atoms with van der Waals surface area (Å²) in [5, 5.41) is 11.9. The summed E-state index contributed by atoms with van der Waals surface area (Å²) in [7, 11) is 1.59. The maximum atomic E-state index is 12.4. The van der Waals surface area contributed by atoms with E-state index in [-0.39, 0.29) is 18.5 Å². The smallest absolute Gasteiger partial charge is 0.242 e. The number of methoxy groups -OCH3 is 1. The Bertz CT molecular complexity index is 784. The van der Waals surface area contributed by atoms with Gasteiger partial charge in [-0.2, -0.15) is 0 Å². The van der Waals surface area contributed by atoms with Crippen molar-refractivity contribution in [1.29, 1.82) is 0 Å². The third-order valence-electron chi connectivity index (χ3n) is 4.91. The lowest BCUT2D eigenvalue weighted by Crippen LogP contribution is -2.47. The number of rotatable bonds is 6. The van der Waals surface area contributed by atoms with Crippen molar-refractivity contribution >= 4 is 17.5 Å². The minimum atomic E-state index is -0.0486. The number of carbonyl (C=O) groups is 1. The fourth-order valence-corrected chi connectivity index (χ4v) is 3.53. The first-order valence-electron chi connectivity index (χ1n) is 9.23. The first kappa shape index (κ1) is 19.6. The first-order chi connectivity index (χ1) is 13.0. The van der Waals surface area contributed by atoms with E-state index in [4.69, 9.17) is 16.3 Å². The molecule has 1 aliphatic heterocycles. The van der Waals surface area contributed by atoms with Crippen molar-refractivity contribution in [1.82, 2.24) is 25.2 Å². The number of ether oxygens (including phenoxy) is 1. The molecule has 0 radical (unpaired) electrons. The molecule has 2 heterocycles. The quantitative estimate of drug-likeness (QED) is 0.819. The third kappa shape index (κ3) is 4.99. The second-order valence-corrected chi connectivity index (χ2v) is 7.55. The molecule has 0 atom stereocenters. The van der Waals surface area contributed by atoms with Crippen LogP contribution in [0.4, 0.5) is 0 Å². The SMILES string of the molecule is COc1ccc(Cl)cc1-c1cn(CC(=O)NC2CCN(C(C)C)CC2)nn1. The molecule has 0 bridgehead atoms. The normalized spacial score (nSPS) is 15.9. The van der Waals surface area contributed by atoms with Crippen molar-refractivity contribution in [3.8, 4) is 17.0 Å². The summed E-state index contributed by atoms with van der Waals surface area (Å²) in [5.74, 6) is 0.611. The van der Waals surface area contributed by atoms with Crippen LogP contribution in [0.15, 0.2) is 24.4 Å². The van der Waals surface area contributed by atoms with Crippen molar-refractivity contribution in [2.45, 2.75) is 45.3 Å². The van der Waals surface area contributed by atoms with Gasteiger partial charge in [-0.05, 0) is 44.9 Å². The number of nitrogens with zero attached hydrogens (tertiary/aromatic N) is 4. The molecule has 3 rings (SSSR count). The highest BCUT2D eigenvalue weighted by Crippen LogP contribution is 2.30. The Balaban J connectivity index is 1.58. The number of hydrogen-bond donors (Lipinski definition) is 1. The fourth-order valence-electron chi connectivity index (χ4n) is 3.36. The zero-order valence-corrected chi connectivity index (χ0v) is 16.7. The predicted octanol–water partition coefficient (Wildman–Crippen LogP) is 2.60. The highest BCUT2D eigenvalue weighted by Gasteiger charge is 2.22. The molecule has 1 aromatic carbocycles. The molecular weight excluding hydrogens is 366 g/mol. The molecule has 2 aromatic rings. The van der Waals surface area contributed by atoms with E-state index in [9.17, 15) is 4.79 Å². The zero-order chi connectivity index (χ0) is 19.4. The Hall–Kier alpha value is -2.12. The Labute approximate surface area is 164 Å². The van der Waals surface area contributed by atoms with E-state index >= 15 is 0 Å². The van der Waals surface area contributed by atoms with Crippen LogP contribution in [0.2, 0.25) is 5.02 Å². The molecule has 0 unspecified atom stereocenters. The lowest BCUT2D eigenvalue weighted by molar-refractivity contribution is -0.122. The standard InChI is InChI=1S/C19H26ClN5O2/c1-13(2)24-8-6-15(7-9-24)21-19(26)12-25-11-17(22-23-25)16-10-14(20)4-5-18(16)27-3/h4-5,10-11,13,15H,6-9,12H2,1-3H3,(H,21,26). The average Bonchev–Trinajstić information content (AvgIpc) is 3.10. The average molecular weight is 392 g/mol. The molecule has 0 saturated carbocycles. The van der Waals surface area contributed by atoms with E-state index in [0.29, 0.717) is 22.5 Å². The van der Waals surface area contributed by atoms with Gasteiger partial charge in [-0.25, -0.2) is 4.68 Å². The van der Waals surface area contributed by atoms with Gasteiger partial charge in [0.25, 0.3) is 0 Å². The van der Waals surface area contributed by atoms with Gasteiger partial charge in [0.05, 0.1) is 13.3 Å². The summed E-state index contributed by atoms with van der Waals surface area (Å²) in [6.07, 6.45) is 3.69. The van der Waals surface area contributed by atoms with Gasteiger partial charge in [-0.3, -0.25) is 4.79 Å². The van der Waals surface area contributed by atoms with Crippen molar-refractivity contribution in [3.05, 3.63) is 29.4 Å². The lowest BCUT2D eigenvalue weighted by atomic mass is 10.0. The van der Waals surface area contributed by atoms with Crippen LogP contribution < -0.4 is 10.1 Å². The summed E-state index contributed by atoms with van der Waals surface area (Å²) in [6.45, 7) is 6.59. The van der Waals surface area contributed by atoms with Crippen LogP contribution in [-0.4, -0.2) is 58.1 Å². The number of nitrogens with one attached hydrogen (secondary N) is 1. The van der Waals surface area contributed by atoms with Gasteiger partial charge >= 0.3 is 0 Å². The molecule has 1 fully saturated rings. The summed E-state index contributed by atoms with van der Waals surface area (Å²) < 4.78 is 6.89. The lowest BCUT2D eigenvalue weighted by Gasteiger charge is -2.34. The maximum absolute atomic E-state index is 12.4. The largest absolute Gasteiger partial charge is 0.496 e. The number of piperidine rings is 1. The summed E-state index contributed by atoms with van der Waals surface area (Å²) >= 11 is 6.07. The van der Waals surface area contributed by atoms with Crippen LogP contribution in [-0.2, 0) is 11.3 Å². The Morgan fingerprint density at radius 2 is 2.11 bits per heavy atom. The maximum Gasteiger partial charge on any atom is 0.242 e. The molecule has 1 amide bonds. The van der Waals surface area contributed by atoms with Gasteiger partial charge < -0.3 is 15.0 Å². The third-order valence-corrected chi connectivity index (χ3v) is 5.14. The van der Waals surface area contributed by atoms with Crippen molar-refractivity contribution in [2.24, 2.45) is 0 Å². The second-order valence-electron chi connectivity index (χ2n) is 7.12. The summed E-state index contributed by atoms with van der Waals surface area (Å²) in [4.78, 5) is 14.8. The van der Waals surface area contributed by atoms with Gasteiger partial charge in [-0.15, -0.1) is 5.10 Å². The number of likely N-dealkylation sites (tertiary alicyclic amines) is 1. The minimum Gasteiger partial charge on any atom is -0.496 e. The van der Waals surface area contributed by atoms with Crippen molar-refractivity contribution in [2.75, 3.05) is 20.2 Å². The molecular formula is C19H26ClN5O2.